The molecule has 0 saturated heterocycles. The molecular weight excluding hydrogens is 302 g/mol. The number of hydrogen-bond donors (Lipinski definition) is 1. The topological polar surface area (TPSA) is 68.7 Å². The van der Waals surface area contributed by atoms with Gasteiger partial charge >= 0.3 is 5.97 Å². The van der Waals surface area contributed by atoms with E-state index in [0.717, 1.165) is 5.56 Å². The quantitative estimate of drug-likeness (QED) is 0.795. The Kier molecular flexibility index (Phi) is 3.68. The molecule has 112 valence electrons. The van der Waals surface area contributed by atoms with Crippen LogP contribution in [0.4, 0.5) is 0 Å². The van der Waals surface area contributed by atoms with Crippen LogP contribution in [0.25, 0.3) is 22.2 Å². The molecule has 3 rings (SSSR count). The number of nitrogens with zero attached hydrogens (tertiary/aromatic N) is 1. The lowest BCUT2D eigenvalue weighted by Gasteiger charge is -2.11. The molecule has 0 bridgehead atoms. The van der Waals surface area contributed by atoms with E-state index < -0.39 is 5.97 Å². The SMILES string of the molecule is COc1cc2nc(-c3ccsc3)cc(C(=O)O)c2cc1OC. The molecule has 0 unspecified atom stereocenters. The zero-order chi connectivity index (χ0) is 15.7. The monoisotopic (exact) mass is 315 g/mol. The summed E-state index contributed by atoms with van der Waals surface area (Å²) < 4.78 is 10.5. The minimum absolute atomic E-state index is 0.187. The van der Waals surface area contributed by atoms with Crippen LogP contribution in [0.5, 0.6) is 11.5 Å². The van der Waals surface area contributed by atoms with Crippen molar-refractivity contribution >= 4 is 28.2 Å². The van der Waals surface area contributed by atoms with E-state index in [1.54, 1.807) is 18.2 Å². The van der Waals surface area contributed by atoms with E-state index in [1.165, 1.54) is 25.6 Å². The van der Waals surface area contributed by atoms with Crippen LogP contribution in [-0.2, 0) is 0 Å². The summed E-state index contributed by atoms with van der Waals surface area (Å²) in [6.07, 6.45) is 0. The molecule has 0 radical (unpaired) electrons. The predicted molar refractivity (Wildman–Crippen MR) is 85.1 cm³/mol. The zero-order valence-corrected chi connectivity index (χ0v) is 12.8. The molecule has 22 heavy (non-hydrogen) atoms. The molecule has 1 N–H and O–H groups in total. The van der Waals surface area contributed by atoms with E-state index in [9.17, 15) is 9.90 Å². The Morgan fingerprint density at radius 3 is 2.50 bits per heavy atom. The highest BCUT2D eigenvalue weighted by Gasteiger charge is 2.16. The first-order chi connectivity index (χ1) is 10.6. The molecule has 0 spiro atoms. The summed E-state index contributed by atoms with van der Waals surface area (Å²) in [7, 11) is 3.04. The Hall–Kier alpha value is -2.60. The number of rotatable bonds is 4. The van der Waals surface area contributed by atoms with Gasteiger partial charge in [-0.1, -0.05) is 0 Å². The fraction of sp³-hybridized carbons (Fsp3) is 0.125. The highest BCUT2D eigenvalue weighted by Crippen LogP contribution is 2.34. The largest absolute Gasteiger partial charge is 0.493 e. The molecule has 2 heterocycles. The fourth-order valence-electron chi connectivity index (χ4n) is 2.29. The summed E-state index contributed by atoms with van der Waals surface area (Å²) in [4.78, 5) is 16.1. The van der Waals surface area contributed by atoms with Crippen LogP contribution in [0.15, 0.2) is 35.0 Å². The van der Waals surface area contributed by atoms with Crippen LogP contribution < -0.4 is 9.47 Å². The summed E-state index contributed by atoms with van der Waals surface area (Å²) in [5.74, 6) is -0.0139. The number of aromatic carboxylic acids is 1. The number of carboxylic acids is 1. The highest BCUT2D eigenvalue weighted by atomic mass is 32.1. The highest BCUT2D eigenvalue weighted by molar-refractivity contribution is 7.08. The lowest BCUT2D eigenvalue weighted by molar-refractivity contribution is 0.0699. The third-order valence-corrected chi connectivity index (χ3v) is 4.04. The van der Waals surface area contributed by atoms with Gasteiger partial charge in [0.25, 0.3) is 0 Å². The molecule has 1 aromatic carbocycles. The standard InChI is InChI=1S/C16H13NO4S/c1-20-14-6-10-11(16(18)19)5-12(9-3-4-22-8-9)17-13(10)7-15(14)21-2/h3-8H,1-2H3,(H,18,19). The average Bonchev–Trinajstić information content (AvgIpc) is 3.06. The van der Waals surface area contributed by atoms with Crippen molar-refractivity contribution in [2.75, 3.05) is 14.2 Å². The van der Waals surface area contributed by atoms with Gasteiger partial charge in [-0.25, -0.2) is 9.78 Å². The Morgan fingerprint density at radius 2 is 1.91 bits per heavy atom. The van der Waals surface area contributed by atoms with Crippen molar-refractivity contribution in [1.29, 1.82) is 0 Å². The van der Waals surface area contributed by atoms with Gasteiger partial charge in [0, 0.05) is 22.4 Å². The number of fused-ring (bicyclic) bond motifs is 1. The molecule has 0 atom stereocenters. The smallest absolute Gasteiger partial charge is 0.336 e. The van der Waals surface area contributed by atoms with Crippen molar-refractivity contribution in [3.8, 4) is 22.8 Å². The molecule has 0 fully saturated rings. The van der Waals surface area contributed by atoms with Gasteiger partial charge in [-0.05, 0) is 23.6 Å². The maximum Gasteiger partial charge on any atom is 0.336 e. The molecular formula is C16H13NO4S. The van der Waals surface area contributed by atoms with Gasteiger partial charge in [0.15, 0.2) is 11.5 Å². The maximum absolute atomic E-state index is 11.6. The van der Waals surface area contributed by atoms with Gasteiger partial charge in [0.2, 0.25) is 0 Å². The van der Waals surface area contributed by atoms with Gasteiger partial charge in [-0.15, -0.1) is 0 Å². The summed E-state index contributed by atoms with van der Waals surface area (Å²) in [5, 5.41) is 13.9. The molecule has 0 amide bonds. The van der Waals surface area contributed by atoms with Gasteiger partial charge in [0.05, 0.1) is 31.0 Å². The number of pyridine rings is 1. The second-order valence-electron chi connectivity index (χ2n) is 4.60. The van der Waals surface area contributed by atoms with E-state index in [0.29, 0.717) is 28.1 Å². The van der Waals surface area contributed by atoms with Crippen molar-refractivity contribution in [3.05, 3.63) is 40.6 Å². The molecule has 6 heteroatoms. The molecule has 0 aliphatic rings. The minimum Gasteiger partial charge on any atom is -0.493 e. The van der Waals surface area contributed by atoms with Crippen molar-refractivity contribution in [3.63, 3.8) is 0 Å². The van der Waals surface area contributed by atoms with E-state index in [-0.39, 0.29) is 5.56 Å². The zero-order valence-electron chi connectivity index (χ0n) is 12.0. The number of carbonyl (C=O) groups is 1. The Balaban J connectivity index is 2.33. The van der Waals surface area contributed by atoms with E-state index in [4.69, 9.17) is 9.47 Å². The molecule has 0 aliphatic carbocycles. The van der Waals surface area contributed by atoms with Crippen LogP contribution in [0.3, 0.4) is 0 Å². The minimum atomic E-state index is -1.00. The van der Waals surface area contributed by atoms with Gasteiger partial charge in [-0.3, -0.25) is 0 Å². The Labute approximate surface area is 130 Å². The molecule has 3 aromatic rings. The van der Waals surface area contributed by atoms with E-state index in [1.807, 2.05) is 16.8 Å². The first-order valence-electron chi connectivity index (χ1n) is 6.46. The third kappa shape index (κ3) is 2.37. The second-order valence-corrected chi connectivity index (χ2v) is 5.38. The average molecular weight is 315 g/mol. The van der Waals surface area contributed by atoms with Crippen LogP contribution in [-0.4, -0.2) is 30.3 Å². The Morgan fingerprint density at radius 1 is 1.18 bits per heavy atom. The molecule has 0 aliphatic heterocycles. The predicted octanol–water partition coefficient (Wildman–Crippen LogP) is 3.68. The lowest BCUT2D eigenvalue weighted by atomic mass is 10.0. The number of carboxylic acid groups (broad SMARTS) is 1. The second kappa shape index (κ2) is 5.65. The van der Waals surface area contributed by atoms with Crippen LogP contribution in [0.2, 0.25) is 0 Å². The van der Waals surface area contributed by atoms with E-state index in [2.05, 4.69) is 4.98 Å². The van der Waals surface area contributed by atoms with Gasteiger partial charge in [0.1, 0.15) is 0 Å². The fourth-order valence-corrected chi connectivity index (χ4v) is 2.94. The first kappa shape index (κ1) is 14.3. The summed E-state index contributed by atoms with van der Waals surface area (Å²) in [6.45, 7) is 0. The summed E-state index contributed by atoms with van der Waals surface area (Å²) >= 11 is 1.54. The third-order valence-electron chi connectivity index (χ3n) is 3.36. The molecule has 5 nitrogen and oxygen atoms in total. The summed E-state index contributed by atoms with van der Waals surface area (Å²) in [6, 6.07) is 6.82. The first-order valence-corrected chi connectivity index (χ1v) is 7.41. The van der Waals surface area contributed by atoms with E-state index >= 15 is 0 Å². The number of methoxy groups -OCH3 is 2. The maximum atomic E-state index is 11.6. The van der Waals surface area contributed by atoms with Crippen LogP contribution >= 0.6 is 11.3 Å². The normalized spacial score (nSPS) is 10.6. The Bertz CT molecular complexity index is 843. The number of thiophene rings is 1. The molecule has 2 aromatic heterocycles. The number of aromatic nitrogens is 1. The van der Waals surface area contributed by atoms with Crippen molar-refractivity contribution < 1.29 is 19.4 Å². The summed E-state index contributed by atoms with van der Waals surface area (Å²) in [5.41, 5.74) is 2.26. The lowest BCUT2D eigenvalue weighted by Crippen LogP contribution is -2.01. The van der Waals surface area contributed by atoms with Gasteiger partial charge in [-0.2, -0.15) is 11.3 Å². The number of ether oxygens (including phenoxy) is 2. The van der Waals surface area contributed by atoms with Gasteiger partial charge < -0.3 is 14.6 Å². The number of benzene rings is 1. The molecule has 0 saturated carbocycles. The number of hydrogen-bond acceptors (Lipinski definition) is 5. The van der Waals surface area contributed by atoms with Crippen molar-refractivity contribution in [1.82, 2.24) is 4.98 Å². The van der Waals surface area contributed by atoms with Crippen LogP contribution in [0, 0.1) is 0 Å². The van der Waals surface area contributed by atoms with Crippen molar-refractivity contribution in [2.24, 2.45) is 0 Å². The van der Waals surface area contributed by atoms with Crippen molar-refractivity contribution in [2.45, 2.75) is 0 Å². The van der Waals surface area contributed by atoms with Crippen LogP contribution in [0.1, 0.15) is 10.4 Å².